The third kappa shape index (κ3) is 6.06. The fourth-order valence-corrected chi connectivity index (χ4v) is 6.87. The van der Waals surface area contributed by atoms with Crippen LogP contribution in [-0.2, 0) is 4.79 Å². The summed E-state index contributed by atoms with van der Waals surface area (Å²) in [4.78, 5) is 32.1. The van der Waals surface area contributed by atoms with E-state index in [-0.39, 0.29) is 17.6 Å². The average Bonchev–Trinajstić information content (AvgIpc) is 3.91. The Morgan fingerprint density at radius 3 is 2.70 bits per heavy atom. The van der Waals surface area contributed by atoms with Crippen LogP contribution in [0.4, 0.5) is 10.1 Å². The van der Waals surface area contributed by atoms with Gasteiger partial charge in [-0.15, -0.1) is 0 Å². The van der Waals surface area contributed by atoms with E-state index in [9.17, 15) is 9.18 Å². The zero-order valence-electron chi connectivity index (χ0n) is 25.9. The maximum Gasteiger partial charge on any atom is 0.227 e. The molecule has 238 valence electrons. The Bertz CT molecular complexity index is 2080. The Morgan fingerprint density at radius 1 is 0.957 bits per heavy atom. The van der Waals surface area contributed by atoms with Gasteiger partial charge in [0.25, 0.3) is 0 Å². The molecule has 11 heteroatoms. The lowest BCUT2D eigenvalue weighted by Gasteiger charge is -2.15. The second-order valence-corrected chi connectivity index (χ2v) is 12.5. The molecule has 1 aliphatic carbocycles. The Hall–Kier alpha value is -5.16. The van der Waals surface area contributed by atoms with Gasteiger partial charge in [0.2, 0.25) is 5.91 Å². The number of halogens is 1. The Kier molecular flexibility index (Phi) is 7.82. The molecule has 1 saturated carbocycles. The molecular weight excluding hydrogens is 595 g/mol. The van der Waals surface area contributed by atoms with Crippen molar-refractivity contribution in [3.8, 4) is 39.5 Å². The maximum absolute atomic E-state index is 14.8. The number of aromatic nitrogens is 6. The zero-order valence-corrected chi connectivity index (χ0v) is 25.9. The highest BCUT2D eigenvalue weighted by molar-refractivity contribution is 6.00. The van der Waals surface area contributed by atoms with E-state index in [4.69, 9.17) is 4.74 Å². The van der Waals surface area contributed by atoms with Crippen molar-refractivity contribution in [2.75, 3.05) is 31.6 Å². The van der Waals surface area contributed by atoms with Crippen LogP contribution in [-0.4, -0.2) is 67.2 Å². The number of nitrogens with one attached hydrogen (secondary N) is 3. The van der Waals surface area contributed by atoms with Gasteiger partial charge in [-0.25, -0.2) is 9.37 Å². The molecule has 2 aliphatic rings. The van der Waals surface area contributed by atoms with Crippen molar-refractivity contribution in [3.63, 3.8) is 0 Å². The van der Waals surface area contributed by atoms with Crippen LogP contribution in [0.3, 0.4) is 0 Å². The summed E-state index contributed by atoms with van der Waals surface area (Å²) in [5.41, 5.74) is 6.60. The predicted octanol–water partition coefficient (Wildman–Crippen LogP) is 6.97. The lowest BCUT2D eigenvalue weighted by Crippen LogP contribution is -2.25. The average molecular weight is 631 g/mol. The summed E-state index contributed by atoms with van der Waals surface area (Å²) < 4.78 is 20.8. The summed E-state index contributed by atoms with van der Waals surface area (Å²) in [5.74, 6) is 0.270. The van der Waals surface area contributed by atoms with Gasteiger partial charge in [0, 0.05) is 47.3 Å². The first-order valence-electron chi connectivity index (χ1n) is 16.3. The number of carbonyl (C=O) groups excluding carboxylic acids is 1. The molecule has 6 heterocycles. The quantitative estimate of drug-likeness (QED) is 0.158. The molecule has 8 rings (SSSR count). The normalized spacial score (nSPS) is 15.6. The third-order valence-corrected chi connectivity index (χ3v) is 9.32. The van der Waals surface area contributed by atoms with Crippen LogP contribution < -0.4 is 10.1 Å². The van der Waals surface area contributed by atoms with Crippen molar-refractivity contribution in [1.82, 2.24) is 35.0 Å². The standard InChI is InChI=1S/C36H35FN8O2/c37-25-13-23(15-27(16-25)47-12-11-45-9-3-4-10-45)28-7-8-39-35-29(28)17-32(42-35)34-30-18-31(40-21-33(30)43-44-34)24-14-26(20-38-19-24)41-36(46)22-5-1-2-6-22/h7-8,13-22H,1-6,9-12H2,(H,39,42)(H,41,46)(H,43,44). The highest BCUT2D eigenvalue weighted by Gasteiger charge is 2.23. The van der Waals surface area contributed by atoms with Crippen LogP contribution in [0.15, 0.2) is 67.3 Å². The minimum absolute atomic E-state index is 0.0493. The van der Waals surface area contributed by atoms with Crippen molar-refractivity contribution >= 4 is 33.5 Å². The summed E-state index contributed by atoms with van der Waals surface area (Å²) in [6.07, 6.45) is 13.4. The topological polar surface area (TPSA) is 125 Å². The van der Waals surface area contributed by atoms with Crippen LogP contribution in [0, 0.1) is 11.7 Å². The Labute approximate surface area is 270 Å². The van der Waals surface area contributed by atoms with Gasteiger partial charge in [0.15, 0.2) is 0 Å². The highest BCUT2D eigenvalue weighted by Crippen LogP contribution is 2.36. The van der Waals surface area contributed by atoms with Gasteiger partial charge in [-0.05, 0) is 86.3 Å². The number of aromatic amines is 2. The summed E-state index contributed by atoms with van der Waals surface area (Å²) in [6.45, 7) is 3.54. The van der Waals surface area contributed by atoms with Gasteiger partial charge >= 0.3 is 0 Å². The fourth-order valence-electron chi connectivity index (χ4n) is 6.87. The summed E-state index contributed by atoms with van der Waals surface area (Å²) in [6, 6.07) is 12.6. The number of ether oxygens (including phenoxy) is 1. The van der Waals surface area contributed by atoms with Gasteiger partial charge < -0.3 is 15.0 Å². The third-order valence-electron chi connectivity index (χ3n) is 9.32. The largest absolute Gasteiger partial charge is 0.492 e. The molecule has 5 aromatic heterocycles. The Balaban J connectivity index is 1.08. The lowest BCUT2D eigenvalue weighted by atomic mass is 10.0. The van der Waals surface area contributed by atoms with Crippen molar-refractivity contribution < 1.29 is 13.9 Å². The first-order chi connectivity index (χ1) is 23.1. The molecule has 1 aromatic carbocycles. The van der Waals surface area contributed by atoms with Crippen LogP contribution in [0.5, 0.6) is 5.75 Å². The molecule has 0 bridgehead atoms. The molecular formula is C36H35FN8O2. The number of H-pyrrole nitrogens is 2. The number of rotatable bonds is 9. The van der Waals surface area contributed by atoms with Crippen LogP contribution in [0.2, 0.25) is 0 Å². The number of amides is 1. The molecule has 3 N–H and O–H groups in total. The summed E-state index contributed by atoms with van der Waals surface area (Å²) >= 11 is 0. The number of hydrogen-bond donors (Lipinski definition) is 3. The number of hydrogen-bond acceptors (Lipinski definition) is 7. The number of pyridine rings is 3. The van der Waals surface area contributed by atoms with E-state index < -0.39 is 0 Å². The van der Waals surface area contributed by atoms with Gasteiger partial charge in [-0.3, -0.25) is 24.8 Å². The van der Waals surface area contributed by atoms with Crippen molar-refractivity contribution in [2.24, 2.45) is 5.92 Å². The molecule has 1 saturated heterocycles. The Morgan fingerprint density at radius 2 is 1.83 bits per heavy atom. The molecule has 47 heavy (non-hydrogen) atoms. The van der Waals surface area contributed by atoms with E-state index in [1.807, 2.05) is 30.3 Å². The zero-order chi connectivity index (χ0) is 31.7. The number of carbonyl (C=O) groups is 1. The summed E-state index contributed by atoms with van der Waals surface area (Å²) in [7, 11) is 0. The minimum atomic E-state index is -0.352. The van der Waals surface area contributed by atoms with Crippen molar-refractivity contribution in [1.29, 1.82) is 0 Å². The first-order valence-corrected chi connectivity index (χ1v) is 16.3. The fraction of sp³-hybridized carbons (Fsp3) is 0.306. The maximum atomic E-state index is 14.8. The predicted molar refractivity (Wildman–Crippen MR) is 179 cm³/mol. The van der Waals surface area contributed by atoms with Gasteiger partial charge in [-0.1, -0.05) is 12.8 Å². The van der Waals surface area contributed by atoms with E-state index in [2.05, 4.69) is 40.3 Å². The smallest absolute Gasteiger partial charge is 0.227 e. The number of likely N-dealkylation sites (tertiary alicyclic amines) is 1. The number of nitrogens with zero attached hydrogens (tertiary/aromatic N) is 5. The minimum Gasteiger partial charge on any atom is -0.492 e. The lowest BCUT2D eigenvalue weighted by molar-refractivity contribution is -0.119. The van der Waals surface area contributed by atoms with Crippen molar-refractivity contribution in [3.05, 3.63) is 73.1 Å². The highest BCUT2D eigenvalue weighted by atomic mass is 19.1. The second-order valence-electron chi connectivity index (χ2n) is 12.5. The van der Waals surface area contributed by atoms with Crippen molar-refractivity contribution in [2.45, 2.75) is 38.5 Å². The van der Waals surface area contributed by atoms with E-state index in [1.165, 1.54) is 25.0 Å². The van der Waals surface area contributed by atoms with Crippen LogP contribution in [0.25, 0.3) is 55.7 Å². The van der Waals surface area contributed by atoms with E-state index in [1.54, 1.807) is 24.8 Å². The van der Waals surface area contributed by atoms with E-state index in [0.29, 0.717) is 40.6 Å². The van der Waals surface area contributed by atoms with E-state index >= 15 is 0 Å². The molecule has 1 amide bonds. The molecule has 0 radical (unpaired) electrons. The number of fused-ring (bicyclic) bond motifs is 2. The molecule has 0 spiro atoms. The monoisotopic (exact) mass is 630 g/mol. The SMILES string of the molecule is O=C(Nc1cncc(-c2cc3c(-c4cc5c(-c6cc(F)cc(OCCN7CCCC7)c6)ccnc5[nH]4)n[nH]c3cn2)c1)C1CCCC1. The summed E-state index contributed by atoms with van der Waals surface area (Å²) in [5, 5.41) is 12.4. The molecule has 0 atom stereocenters. The van der Waals surface area contributed by atoms with Gasteiger partial charge in [0.1, 0.15) is 29.5 Å². The van der Waals surface area contributed by atoms with Crippen LogP contribution in [0.1, 0.15) is 38.5 Å². The number of anilines is 1. The molecule has 10 nitrogen and oxygen atoms in total. The van der Waals surface area contributed by atoms with Gasteiger partial charge in [0.05, 0.1) is 35.0 Å². The second kappa shape index (κ2) is 12.6. The van der Waals surface area contributed by atoms with Gasteiger partial charge in [-0.2, -0.15) is 5.10 Å². The molecule has 2 fully saturated rings. The molecule has 1 aliphatic heterocycles. The number of benzene rings is 1. The molecule has 6 aromatic rings. The van der Waals surface area contributed by atoms with E-state index in [0.717, 1.165) is 78.4 Å². The van der Waals surface area contributed by atoms with Crippen LogP contribution >= 0.6 is 0 Å². The molecule has 0 unspecified atom stereocenters. The first kappa shape index (κ1) is 29.3.